The van der Waals surface area contributed by atoms with E-state index in [4.69, 9.17) is 16.9 Å². The molecule has 0 atom stereocenters. The Hall–Kier alpha value is -1.99. The number of nitrogens with two attached hydrogens (primary N) is 1. The van der Waals surface area contributed by atoms with Gasteiger partial charge in [0.1, 0.15) is 5.75 Å². The van der Waals surface area contributed by atoms with Crippen molar-refractivity contribution in [1.29, 1.82) is 0 Å². The minimum Gasteiger partial charge on any atom is -0.483 e. The van der Waals surface area contributed by atoms with Gasteiger partial charge in [0.15, 0.2) is 6.61 Å². The molecule has 1 aromatic carbocycles. The number of carbonyl (C=O) groups is 1. The second kappa shape index (κ2) is 6.49. The monoisotopic (exact) mass is 218 g/mol. The molecule has 0 saturated carbocycles. The molecule has 1 rings (SSSR count). The molecule has 16 heavy (non-hydrogen) atoms. The lowest BCUT2D eigenvalue weighted by atomic mass is 10.2. The number of hydrogen-bond donors (Lipinski definition) is 2. The van der Waals surface area contributed by atoms with Crippen molar-refractivity contribution < 1.29 is 9.53 Å². The van der Waals surface area contributed by atoms with E-state index in [0.29, 0.717) is 18.8 Å². The van der Waals surface area contributed by atoms with Gasteiger partial charge in [0.2, 0.25) is 0 Å². The molecule has 1 amide bonds. The third-order valence-corrected chi connectivity index (χ3v) is 1.89. The zero-order chi connectivity index (χ0) is 11.8. The van der Waals surface area contributed by atoms with Crippen LogP contribution in [-0.2, 0) is 11.3 Å². The first kappa shape index (κ1) is 12.1. The van der Waals surface area contributed by atoms with Crippen LogP contribution in [0.4, 0.5) is 0 Å². The number of para-hydroxylation sites is 1. The van der Waals surface area contributed by atoms with Crippen LogP contribution in [0.25, 0.3) is 0 Å². The summed E-state index contributed by atoms with van der Waals surface area (Å²) in [6.07, 6.45) is 5.12. The third-order valence-electron chi connectivity index (χ3n) is 1.89. The molecule has 0 spiro atoms. The van der Waals surface area contributed by atoms with E-state index in [9.17, 15) is 4.79 Å². The lowest BCUT2D eigenvalue weighted by molar-refractivity contribution is -0.119. The summed E-state index contributed by atoms with van der Waals surface area (Å²) in [7, 11) is 0. The Morgan fingerprint density at radius 2 is 2.25 bits per heavy atom. The number of rotatable bonds is 6. The van der Waals surface area contributed by atoms with Crippen molar-refractivity contribution in [2.24, 2.45) is 5.73 Å². The largest absolute Gasteiger partial charge is 0.483 e. The van der Waals surface area contributed by atoms with Crippen LogP contribution in [0.15, 0.2) is 24.3 Å². The van der Waals surface area contributed by atoms with Gasteiger partial charge in [-0.1, -0.05) is 24.1 Å². The predicted molar refractivity (Wildman–Crippen MR) is 61.7 cm³/mol. The standard InChI is InChI=1S/C12H14N2O2/c1-2-7-14-8-10-5-3-4-6-11(10)16-9-12(13)15/h1,3-6,14H,7-9H2,(H2,13,15). The average molecular weight is 218 g/mol. The second-order valence-corrected chi connectivity index (χ2v) is 3.17. The molecule has 0 aliphatic carbocycles. The van der Waals surface area contributed by atoms with E-state index in [1.54, 1.807) is 6.07 Å². The molecule has 4 heteroatoms. The number of benzene rings is 1. The van der Waals surface area contributed by atoms with Gasteiger partial charge in [0, 0.05) is 12.1 Å². The van der Waals surface area contributed by atoms with Crippen LogP contribution >= 0.6 is 0 Å². The van der Waals surface area contributed by atoms with Crippen LogP contribution in [-0.4, -0.2) is 19.1 Å². The number of ether oxygens (including phenoxy) is 1. The van der Waals surface area contributed by atoms with E-state index in [-0.39, 0.29) is 6.61 Å². The number of primary amides is 1. The summed E-state index contributed by atoms with van der Waals surface area (Å²) >= 11 is 0. The van der Waals surface area contributed by atoms with Crippen molar-refractivity contribution in [2.45, 2.75) is 6.54 Å². The summed E-state index contributed by atoms with van der Waals surface area (Å²) in [6, 6.07) is 7.42. The number of nitrogens with one attached hydrogen (secondary N) is 1. The smallest absolute Gasteiger partial charge is 0.255 e. The Bertz CT molecular complexity index is 396. The normalized spacial score (nSPS) is 9.44. The Morgan fingerprint density at radius 1 is 1.50 bits per heavy atom. The first-order chi connectivity index (χ1) is 7.74. The van der Waals surface area contributed by atoms with Gasteiger partial charge in [-0.05, 0) is 6.07 Å². The van der Waals surface area contributed by atoms with Gasteiger partial charge in [-0.2, -0.15) is 0 Å². The fourth-order valence-electron chi connectivity index (χ4n) is 1.21. The lowest BCUT2D eigenvalue weighted by Gasteiger charge is -2.09. The van der Waals surface area contributed by atoms with Crippen LogP contribution in [0.3, 0.4) is 0 Å². The molecule has 0 bridgehead atoms. The molecule has 0 heterocycles. The number of terminal acetylenes is 1. The number of hydrogen-bond acceptors (Lipinski definition) is 3. The number of amides is 1. The first-order valence-corrected chi connectivity index (χ1v) is 4.87. The third kappa shape index (κ3) is 4.03. The van der Waals surface area contributed by atoms with Gasteiger partial charge in [-0.3, -0.25) is 4.79 Å². The summed E-state index contributed by atoms with van der Waals surface area (Å²) in [5, 5.41) is 3.05. The van der Waals surface area contributed by atoms with E-state index in [0.717, 1.165) is 5.56 Å². The van der Waals surface area contributed by atoms with E-state index in [1.807, 2.05) is 18.2 Å². The van der Waals surface area contributed by atoms with Crippen molar-refractivity contribution >= 4 is 5.91 Å². The zero-order valence-electron chi connectivity index (χ0n) is 8.90. The van der Waals surface area contributed by atoms with Gasteiger partial charge in [-0.25, -0.2) is 0 Å². The molecule has 84 valence electrons. The fraction of sp³-hybridized carbons (Fsp3) is 0.250. The van der Waals surface area contributed by atoms with Gasteiger partial charge < -0.3 is 15.8 Å². The molecule has 1 aromatic rings. The maximum absolute atomic E-state index is 10.6. The lowest BCUT2D eigenvalue weighted by Crippen LogP contribution is -2.21. The number of carbonyl (C=O) groups excluding carboxylic acids is 1. The Balaban J connectivity index is 2.60. The van der Waals surface area contributed by atoms with Crippen molar-refractivity contribution in [1.82, 2.24) is 5.32 Å². The highest BCUT2D eigenvalue weighted by Crippen LogP contribution is 2.17. The summed E-state index contributed by atoms with van der Waals surface area (Å²) < 4.78 is 5.26. The molecule has 0 radical (unpaired) electrons. The minimum absolute atomic E-state index is 0.119. The van der Waals surface area contributed by atoms with E-state index < -0.39 is 5.91 Å². The van der Waals surface area contributed by atoms with Crippen molar-refractivity contribution in [3.8, 4) is 18.1 Å². The Labute approximate surface area is 94.8 Å². The van der Waals surface area contributed by atoms with Gasteiger partial charge in [-0.15, -0.1) is 6.42 Å². The SMILES string of the molecule is C#CCNCc1ccccc1OCC(N)=O. The molecule has 0 fully saturated rings. The summed E-state index contributed by atoms with van der Waals surface area (Å²) in [5.74, 6) is 2.63. The summed E-state index contributed by atoms with van der Waals surface area (Å²) in [4.78, 5) is 10.6. The van der Waals surface area contributed by atoms with E-state index >= 15 is 0 Å². The van der Waals surface area contributed by atoms with Crippen LogP contribution < -0.4 is 15.8 Å². The molecule has 0 aromatic heterocycles. The molecule has 0 saturated heterocycles. The Kier molecular flexibility index (Phi) is 4.90. The highest BCUT2D eigenvalue weighted by molar-refractivity contribution is 5.75. The molecule has 0 aliphatic rings. The predicted octanol–water partition coefficient (Wildman–Crippen LogP) is 0.274. The van der Waals surface area contributed by atoms with Crippen LogP contribution in [0.2, 0.25) is 0 Å². The summed E-state index contributed by atoms with van der Waals surface area (Å²) in [6.45, 7) is 0.968. The van der Waals surface area contributed by atoms with Crippen LogP contribution in [0, 0.1) is 12.3 Å². The average Bonchev–Trinajstić information content (AvgIpc) is 2.28. The fourth-order valence-corrected chi connectivity index (χ4v) is 1.21. The summed E-state index contributed by atoms with van der Waals surface area (Å²) in [5.41, 5.74) is 5.95. The van der Waals surface area contributed by atoms with Gasteiger partial charge in [0.05, 0.1) is 6.54 Å². The van der Waals surface area contributed by atoms with E-state index in [1.165, 1.54) is 0 Å². The van der Waals surface area contributed by atoms with Gasteiger partial charge >= 0.3 is 0 Å². The zero-order valence-corrected chi connectivity index (χ0v) is 8.90. The molecule has 0 aliphatic heterocycles. The van der Waals surface area contributed by atoms with Crippen LogP contribution in [0.5, 0.6) is 5.75 Å². The molecular weight excluding hydrogens is 204 g/mol. The van der Waals surface area contributed by atoms with Crippen molar-refractivity contribution in [3.05, 3.63) is 29.8 Å². The van der Waals surface area contributed by atoms with Crippen molar-refractivity contribution in [2.75, 3.05) is 13.2 Å². The molecule has 4 nitrogen and oxygen atoms in total. The first-order valence-electron chi connectivity index (χ1n) is 4.87. The molecule has 3 N–H and O–H groups in total. The highest BCUT2D eigenvalue weighted by Gasteiger charge is 2.03. The maximum atomic E-state index is 10.6. The maximum Gasteiger partial charge on any atom is 0.255 e. The topological polar surface area (TPSA) is 64.3 Å². The molecule has 0 unspecified atom stereocenters. The second-order valence-electron chi connectivity index (χ2n) is 3.17. The minimum atomic E-state index is -0.494. The van der Waals surface area contributed by atoms with E-state index in [2.05, 4.69) is 11.2 Å². The van der Waals surface area contributed by atoms with Crippen LogP contribution in [0.1, 0.15) is 5.56 Å². The molecular formula is C12H14N2O2. The van der Waals surface area contributed by atoms with Crippen molar-refractivity contribution in [3.63, 3.8) is 0 Å². The quantitative estimate of drug-likeness (QED) is 0.532. The highest BCUT2D eigenvalue weighted by atomic mass is 16.5. The van der Waals surface area contributed by atoms with Gasteiger partial charge in [0.25, 0.3) is 5.91 Å². The Morgan fingerprint density at radius 3 is 2.94 bits per heavy atom.